The summed E-state index contributed by atoms with van der Waals surface area (Å²) in [5.41, 5.74) is -0.0812. The molecule has 0 aliphatic carbocycles. The van der Waals surface area contributed by atoms with Crippen LogP contribution in [0.15, 0.2) is 36.4 Å². The average molecular weight is 341 g/mol. The number of hydrogen-bond acceptors (Lipinski definition) is 2. The van der Waals surface area contributed by atoms with E-state index >= 15 is 0 Å². The average Bonchev–Trinajstić information content (AvgIpc) is 2.76. The number of hydrogen-bond donors (Lipinski definition) is 0. The Bertz CT molecular complexity index is 858. The Balaban J connectivity index is 2.05. The molecule has 0 spiro atoms. The lowest BCUT2D eigenvalue weighted by Gasteiger charge is -2.32. The summed E-state index contributed by atoms with van der Waals surface area (Å²) in [5, 5.41) is 0. The molecule has 25 heavy (non-hydrogen) atoms. The molecule has 0 bridgehead atoms. The summed E-state index contributed by atoms with van der Waals surface area (Å²) in [5.74, 6) is -1.15. The van der Waals surface area contributed by atoms with Crippen molar-refractivity contribution in [3.8, 4) is 11.1 Å². The van der Waals surface area contributed by atoms with Crippen LogP contribution < -0.4 is 5.46 Å². The molecule has 0 radical (unpaired) electrons. The van der Waals surface area contributed by atoms with E-state index < -0.39 is 30.0 Å². The van der Waals surface area contributed by atoms with Gasteiger partial charge in [-0.3, -0.25) is 0 Å². The van der Waals surface area contributed by atoms with Crippen LogP contribution in [0, 0.1) is 18.2 Å². The molecule has 0 atom stereocenters. The lowest BCUT2D eigenvalue weighted by molar-refractivity contribution is 0.00578. The summed E-state index contributed by atoms with van der Waals surface area (Å²) in [6, 6.07) is 8.22. The fourth-order valence-corrected chi connectivity index (χ4v) is 2.66. The Morgan fingerprint density at radius 3 is 1.96 bits per heavy atom. The molecular formula is C19H18BF2NO2. The summed E-state index contributed by atoms with van der Waals surface area (Å²) in [6.07, 6.45) is 0. The molecule has 1 saturated heterocycles. The van der Waals surface area contributed by atoms with E-state index in [1.807, 2.05) is 27.7 Å². The molecular weight excluding hydrogens is 323 g/mol. The highest BCUT2D eigenvalue weighted by Gasteiger charge is 2.51. The van der Waals surface area contributed by atoms with Crippen molar-refractivity contribution in [1.29, 1.82) is 0 Å². The van der Waals surface area contributed by atoms with E-state index in [0.717, 1.165) is 0 Å². The number of nitrogens with zero attached hydrogens (tertiary/aromatic N) is 1. The van der Waals surface area contributed by atoms with Crippen LogP contribution in [0.3, 0.4) is 0 Å². The third-order valence-electron chi connectivity index (χ3n) is 4.89. The van der Waals surface area contributed by atoms with Gasteiger partial charge in [-0.15, -0.1) is 0 Å². The number of rotatable bonds is 2. The van der Waals surface area contributed by atoms with Gasteiger partial charge in [-0.05, 0) is 51.4 Å². The van der Waals surface area contributed by atoms with Crippen LogP contribution in [0.5, 0.6) is 0 Å². The standard InChI is InChI=1S/C19H18BF2NO2/c1-18(2)19(3,4)25-20(24-18)12-6-8-16(21)14(10-12)15-11-13(23-5)7-9-17(15)22/h6-11H,1-4H3. The van der Waals surface area contributed by atoms with Gasteiger partial charge in [-0.25, -0.2) is 13.6 Å². The van der Waals surface area contributed by atoms with Crippen LogP contribution in [0.2, 0.25) is 0 Å². The molecule has 0 aromatic heterocycles. The molecule has 0 amide bonds. The van der Waals surface area contributed by atoms with Gasteiger partial charge in [0.05, 0.1) is 17.8 Å². The number of benzene rings is 2. The van der Waals surface area contributed by atoms with Crippen molar-refractivity contribution in [2.75, 3.05) is 0 Å². The van der Waals surface area contributed by atoms with Gasteiger partial charge in [0.15, 0.2) is 5.69 Å². The lowest BCUT2D eigenvalue weighted by Crippen LogP contribution is -2.41. The quantitative estimate of drug-likeness (QED) is 0.594. The smallest absolute Gasteiger partial charge is 0.399 e. The molecule has 1 heterocycles. The second-order valence-electron chi connectivity index (χ2n) is 7.10. The van der Waals surface area contributed by atoms with Crippen molar-refractivity contribution in [2.24, 2.45) is 0 Å². The van der Waals surface area contributed by atoms with E-state index in [9.17, 15) is 8.78 Å². The van der Waals surface area contributed by atoms with Crippen LogP contribution in [0.4, 0.5) is 14.5 Å². The van der Waals surface area contributed by atoms with E-state index in [2.05, 4.69) is 4.85 Å². The molecule has 128 valence electrons. The van der Waals surface area contributed by atoms with Crippen LogP contribution >= 0.6 is 0 Å². The fourth-order valence-electron chi connectivity index (χ4n) is 2.66. The van der Waals surface area contributed by atoms with Crippen molar-refractivity contribution in [3.05, 3.63) is 59.4 Å². The third-order valence-corrected chi connectivity index (χ3v) is 4.89. The Labute approximate surface area is 146 Å². The molecule has 1 aliphatic rings. The van der Waals surface area contributed by atoms with E-state index in [0.29, 0.717) is 5.46 Å². The van der Waals surface area contributed by atoms with Crippen molar-refractivity contribution >= 4 is 18.3 Å². The molecule has 3 rings (SSSR count). The minimum Gasteiger partial charge on any atom is -0.399 e. The Morgan fingerprint density at radius 2 is 1.40 bits per heavy atom. The first-order valence-electron chi connectivity index (χ1n) is 7.97. The van der Waals surface area contributed by atoms with Crippen molar-refractivity contribution in [2.45, 2.75) is 38.9 Å². The van der Waals surface area contributed by atoms with Gasteiger partial charge in [-0.2, -0.15) is 0 Å². The van der Waals surface area contributed by atoms with Gasteiger partial charge in [0.1, 0.15) is 11.6 Å². The predicted molar refractivity (Wildman–Crippen MR) is 93.8 cm³/mol. The van der Waals surface area contributed by atoms with Gasteiger partial charge in [0, 0.05) is 11.1 Å². The molecule has 1 aliphatic heterocycles. The molecule has 0 unspecified atom stereocenters. The maximum absolute atomic E-state index is 14.3. The minimum atomic E-state index is -0.670. The summed E-state index contributed by atoms with van der Waals surface area (Å²) >= 11 is 0. The van der Waals surface area contributed by atoms with Gasteiger partial charge in [0.25, 0.3) is 0 Å². The zero-order valence-electron chi connectivity index (χ0n) is 14.6. The van der Waals surface area contributed by atoms with Gasteiger partial charge >= 0.3 is 7.12 Å². The molecule has 6 heteroatoms. The van der Waals surface area contributed by atoms with E-state index in [1.54, 1.807) is 6.07 Å². The highest BCUT2D eigenvalue weighted by atomic mass is 19.1. The third kappa shape index (κ3) is 3.06. The first-order chi connectivity index (χ1) is 11.6. The highest BCUT2D eigenvalue weighted by molar-refractivity contribution is 6.62. The lowest BCUT2D eigenvalue weighted by atomic mass is 9.78. The normalized spacial score (nSPS) is 18.2. The highest BCUT2D eigenvalue weighted by Crippen LogP contribution is 2.37. The molecule has 1 fully saturated rings. The topological polar surface area (TPSA) is 22.8 Å². The van der Waals surface area contributed by atoms with Crippen molar-refractivity contribution in [3.63, 3.8) is 0 Å². The van der Waals surface area contributed by atoms with Gasteiger partial charge < -0.3 is 9.31 Å². The van der Waals surface area contributed by atoms with E-state index in [-0.39, 0.29) is 16.8 Å². The monoisotopic (exact) mass is 341 g/mol. The summed E-state index contributed by atoms with van der Waals surface area (Å²) in [4.78, 5) is 3.28. The molecule has 2 aromatic carbocycles. The molecule has 0 N–H and O–H groups in total. The summed E-state index contributed by atoms with van der Waals surface area (Å²) in [6.45, 7) is 14.8. The van der Waals surface area contributed by atoms with Crippen LogP contribution in [-0.4, -0.2) is 18.3 Å². The first-order valence-corrected chi connectivity index (χ1v) is 7.97. The van der Waals surface area contributed by atoms with Crippen molar-refractivity contribution < 1.29 is 18.1 Å². The Kier molecular flexibility index (Phi) is 4.18. The predicted octanol–water partition coefficient (Wildman–Crippen LogP) is 4.48. The molecule has 0 saturated carbocycles. The molecule has 3 nitrogen and oxygen atoms in total. The summed E-state index contributed by atoms with van der Waals surface area (Å²) < 4.78 is 40.5. The second kappa shape index (κ2) is 5.94. The maximum Gasteiger partial charge on any atom is 0.494 e. The van der Waals surface area contributed by atoms with Crippen LogP contribution in [0.1, 0.15) is 27.7 Å². The first kappa shape index (κ1) is 17.6. The van der Waals surface area contributed by atoms with Crippen molar-refractivity contribution in [1.82, 2.24) is 0 Å². The largest absolute Gasteiger partial charge is 0.494 e. The van der Waals surface area contributed by atoms with Crippen LogP contribution in [0.25, 0.3) is 16.0 Å². The Hall–Kier alpha value is -2.23. The SMILES string of the molecule is [C-]#[N+]c1ccc(F)c(-c2cc(B3OC(C)(C)C(C)(C)O3)ccc2F)c1. The minimum absolute atomic E-state index is 0.0457. The van der Waals surface area contributed by atoms with E-state index in [1.165, 1.54) is 30.3 Å². The van der Waals surface area contributed by atoms with E-state index in [4.69, 9.17) is 15.9 Å². The summed E-state index contributed by atoms with van der Waals surface area (Å²) in [7, 11) is -0.670. The molecule has 2 aromatic rings. The second-order valence-corrected chi connectivity index (χ2v) is 7.10. The maximum atomic E-state index is 14.3. The number of halogens is 2. The van der Waals surface area contributed by atoms with Gasteiger partial charge in [-0.1, -0.05) is 18.2 Å². The fraction of sp³-hybridized carbons (Fsp3) is 0.316. The zero-order valence-corrected chi connectivity index (χ0v) is 14.6. The zero-order chi connectivity index (χ0) is 18.4. The van der Waals surface area contributed by atoms with Gasteiger partial charge in [0.2, 0.25) is 0 Å². The Morgan fingerprint density at radius 1 is 0.880 bits per heavy atom. The van der Waals surface area contributed by atoms with Crippen LogP contribution in [-0.2, 0) is 9.31 Å².